The molecule has 2 heteroatoms. The quantitative estimate of drug-likeness (QED) is 0.566. The minimum atomic E-state index is 0.0691. The van der Waals surface area contributed by atoms with E-state index in [4.69, 9.17) is 5.11 Å². The van der Waals surface area contributed by atoms with Crippen molar-refractivity contribution in [2.75, 3.05) is 0 Å². The molecule has 0 radical (unpaired) electrons. The highest BCUT2D eigenvalue weighted by molar-refractivity contribution is 7.80. The Balaban J connectivity index is 3.01. The highest BCUT2D eigenvalue weighted by Gasteiger charge is 1.91. The van der Waals surface area contributed by atoms with Crippen molar-refractivity contribution in [3.05, 3.63) is 29.8 Å². The lowest BCUT2D eigenvalue weighted by Gasteiger charge is -1.96. The molecule has 0 aliphatic carbocycles. The molecule has 0 aliphatic heterocycles. The summed E-state index contributed by atoms with van der Waals surface area (Å²) in [5.41, 5.74) is 0.876. The first-order chi connectivity index (χ1) is 4.34. The molecule has 0 amide bonds. The van der Waals surface area contributed by atoms with Crippen LogP contribution in [0.3, 0.4) is 0 Å². The Hall–Kier alpha value is -0.470. The Morgan fingerprint density at radius 2 is 2.00 bits per heavy atom. The van der Waals surface area contributed by atoms with E-state index in [0.29, 0.717) is 0 Å². The van der Waals surface area contributed by atoms with Crippen LogP contribution < -0.4 is 0 Å². The third kappa shape index (κ3) is 1.47. The zero-order chi connectivity index (χ0) is 6.69. The van der Waals surface area contributed by atoms with E-state index in [1.54, 1.807) is 0 Å². The van der Waals surface area contributed by atoms with Gasteiger partial charge in [-0.1, -0.05) is 18.2 Å². The van der Waals surface area contributed by atoms with Crippen LogP contribution in [0.5, 0.6) is 0 Å². The lowest BCUT2D eigenvalue weighted by molar-refractivity contribution is 0.279. The van der Waals surface area contributed by atoms with Gasteiger partial charge in [0.25, 0.3) is 0 Å². The van der Waals surface area contributed by atoms with Crippen LogP contribution in [0, 0.1) is 0 Å². The van der Waals surface area contributed by atoms with Gasteiger partial charge in [-0.25, -0.2) is 0 Å². The third-order valence-electron chi connectivity index (χ3n) is 1.16. The summed E-state index contributed by atoms with van der Waals surface area (Å²) in [5.74, 6) is 0. The van der Waals surface area contributed by atoms with Gasteiger partial charge in [-0.3, -0.25) is 0 Å². The maximum atomic E-state index is 8.67. The Labute approximate surface area is 59.7 Å². The summed E-state index contributed by atoms with van der Waals surface area (Å²) in [6.45, 7) is 0.0691. The Morgan fingerprint density at radius 3 is 2.44 bits per heavy atom. The lowest BCUT2D eigenvalue weighted by atomic mass is 10.2. The average Bonchev–Trinajstić information content (AvgIpc) is 1.89. The first kappa shape index (κ1) is 6.65. The van der Waals surface area contributed by atoms with Gasteiger partial charge in [-0.2, -0.15) is 0 Å². The lowest BCUT2D eigenvalue weighted by Crippen LogP contribution is -1.82. The summed E-state index contributed by atoms with van der Waals surface area (Å²) in [7, 11) is 0. The number of rotatable bonds is 1. The molecule has 1 nitrogen and oxygen atoms in total. The van der Waals surface area contributed by atoms with Crippen molar-refractivity contribution >= 4 is 12.6 Å². The van der Waals surface area contributed by atoms with Crippen LogP contribution in [-0.4, -0.2) is 5.11 Å². The Kier molecular flexibility index (Phi) is 2.14. The van der Waals surface area contributed by atoms with Crippen LogP contribution in [0.15, 0.2) is 29.2 Å². The van der Waals surface area contributed by atoms with E-state index in [-0.39, 0.29) is 6.61 Å². The molecule has 0 aliphatic rings. The smallest absolute Gasteiger partial charge is 0.0692 e. The maximum absolute atomic E-state index is 8.67. The topological polar surface area (TPSA) is 20.2 Å². The molecule has 1 rings (SSSR count). The fraction of sp³-hybridized carbons (Fsp3) is 0.143. The second-order valence-electron chi connectivity index (χ2n) is 1.79. The highest BCUT2D eigenvalue weighted by Crippen LogP contribution is 2.11. The first-order valence-corrected chi connectivity index (χ1v) is 3.17. The highest BCUT2D eigenvalue weighted by atomic mass is 32.1. The van der Waals surface area contributed by atoms with Crippen LogP contribution in [-0.2, 0) is 6.61 Å². The predicted octanol–water partition coefficient (Wildman–Crippen LogP) is 1.47. The van der Waals surface area contributed by atoms with E-state index < -0.39 is 0 Å². The van der Waals surface area contributed by atoms with Gasteiger partial charge >= 0.3 is 0 Å². The summed E-state index contributed by atoms with van der Waals surface area (Å²) in [6.07, 6.45) is 0. The fourth-order valence-corrected chi connectivity index (χ4v) is 0.876. The van der Waals surface area contributed by atoms with Crippen LogP contribution in [0.4, 0.5) is 0 Å². The van der Waals surface area contributed by atoms with Gasteiger partial charge < -0.3 is 5.11 Å². The van der Waals surface area contributed by atoms with Crippen molar-refractivity contribution < 1.29 is 5.11 Å². The summed E-state index contributed by atoms with van der Waals surface area (Å²) in [6, 6.07) is 7.48. The van der Waals surface area contributed by atoms with E-state index in [9.17, 15) is 0 Å². The molecule has 0 spiro atoms. The summed E-state index contributed by atoms with van der Waals surface area (Å²) in [5, 5.41) is 8.67. The molecule has 0 saturated carbocycles. The molecule has 1 N–H and O–H groups in total. The minimum absolute atomic E-state index is 0.0691. The van der Waals surface area contributed by atoms with Gasteiger partial charge in [0, 0.05) is 4.90 Å². The molecular weight excluding hydrogens is 132 g/mol. The second kappa shape index (κ2) is 2.90. The molecule has 0 heterocycles. The second-order valence-corrected chi connectivity index (χ2v) is 2.27. The van der Waals surface area contributed by atoms with Crippen molar-refractivity contribution in [3.8, 4) is 0 Å². The first-order valence-electron chi connectivity index (χ1n) is 2.72. The van der Waals surface area contributed by atoms with E-state index in [1.807, 2.05) is 24.3 Å². The van der Waals surface area contributed by atoms with Crippen molar-refractivity contribution in [1.82, 2.24) is 0 Å². The van der Waals surface area contributed by atoms with Crippen LogP contribution >= 0.6 is 12.6 Å². The van der Waals surface area contributed by atoms with Gasteiger partial charge in [0.15, 0.2) is 0 Å². The summed E-state index contributed by atoms with van der Waals surface area (Å²) >= 11 is 4.12. The molecule has 1 aromatic rings. The van der Waals surface area contributed by atoms with Gasteiger partial charge in [-0.05, 0) is 11.6 Å². The molecule has 0 bridgehead atoms. The number of aliphatic hydroxyl groups excluding tert-OH is 1. The SMILES string of the molecule is OCc1ccccc1S. The molecule has 0 unspecified atom stereocenters. The molecule has 9 heavy (non-hydrogen) atoms. The molecule has 0 fully saturated rings. The number of hydrogen-bond acceptors (Lipinski definition) is 2. The number of thiol groups is 1. The van der Waals surface area contributed by atoms with Crippen LogP contribution in [0.2, 0.25) is 0 Å². The predicted molar refractivity (Wildman–Crippen MR) is 39.6 cm³/mol. The van der Waals surface area contributed by atoms with Gasteiger partial charge in [0.05, 0.1) is 6.61 Å². The third-order valence-corrected chi connectivity index (χ3v) is 1.60. The standard InChI is InChI=1S/C7H8OS/c8-5-6-3-1-2-4-7(6)9/h1-4,8-9H,5H2. The van der Waals surface area contributed by atoms with Crippen LogP contribution in [0.25, 0.3) is 0 Å². The Bertz CT molecular complexity index is 198. The number of hydrogen-bond donors (Lipinski definition) is 2. The molecule has 48 valence electrons. The largest absolute Gasteiger partial charge is 0.392 e. The number of benzene rings is 1. The van der Waals surface area contributed by atoms with Gasteiger partial charge in [-0.15, -0.1) is 12.6 Å². The zero-order valence-corrected chi connectivity index (χ0v) is 5.81. The van der Waals surface area contributed by atoms with E-state index >= 15 is 0 Å². The molecule has 1 aromatic carbocycles. The monoisotopic (exact) mass is 140 g/mol. The van der Waals surface area contributed by atoms with Crippen molar-refractivity contribution in [3.63, 3.8) is 0 Å². The van der Waals surface area contributed by atoms with Crippen molar-refractivity contribution in [2.24, 2.45) is 0 Å². The summed E-state index contributed by atoms with van der Waals surface area (Å²) in [4.78, 5) is 0.847. The van der Waals surface area contributed by atoms with E-state index in [1.165, 1.54) is 0 Å². The van der Waals surface area contributed by atoms with E-state index in [2.05, 4.69) is 12.6 Å². The Morgan fingerprint density at radius 1 is 1.33 bits per heavy atom. The van der Waals surface area contributed by atoms with Crippen LogP contribution in [0.1, 0.15) is 5.56 Å². The number of aliphatic hydroxyl groups is 1. The maximum Gasteiger partial charge on any atom is 0.0692 e. The fourth-order valence-electron chi connectivity index (χ4n) is 0.645. The minimum Gasteiger partial charge on any atom is -0.392 e. The molecular formula is C7H8OS. The van der Waals surface area contributed by atoms with Gasteiger partial charge in [0.2, 0.25) is 0 Å². The normalized spacial score (nSPS) is 9.56. The van der Waals surface area contributed by atoms with Crippen molar-refractivity contribution in [2.45, 2.75) is 11.5 Å². The molecule has 0 aromatic heterocycles. The zero-order valence-electron chi connectivity index (χ0n) is 4.91. The molecule has 0 atom stereocenters. The van der Waals surface area contributed by atoms with E-state index in [0.717, 1.165) is 10.5 Å². The van der Waals surface area contributed by atoms with Gasteiger partial charge in [0.1, 0.15) is 0 Å². The molecule has 0 saturated heterocycles. The summed E-state index contributed by atoms with van der Waals surface area (Å²) < 4.78 is 0. The average molecular weight is 140 g/mol. The van der Waals surface area contributed by atoms with Crippen molar-refractivity contribution in [1.29, 1.82) is 0 Å².